The number of allylic oxidation sites excluding steroid dienone is 6. The standard InChI is InChI=1S/C35H56N7O17P3S/c1-4-5-6-7-8-9-10-11-12-13-14-15-26(44)63-19-18-37-25(43)16-17-38-33(47)30(46)35(2,3)21-56-62(53,54)59-61(51,52)55-20-24-29(58-60(48,49)50)28(45)34(57-24)42-23-41-27-31(36)39-22-40-32(27)42/h8-9,11-14,22-24,28-30,34,45-46H,4-7,10,15-21H2,1-3H3,(H,37,43)(H,38,47)(H,51,52)(H,53,54)(H2,36,39,40)(H2,48,49,50)/b9-8+,12-11+,14-13+. The van der Waals surface area contributed by atoms with Crippen LogP contribution in [0, 0.1) is 5.41 Å². The number of nitrogens with two attached hydrogens (primary N) is 1. The number of hydrogen-bond donors (Lipinski definition) is 9. The first-order valence-electron chi connectivity index (χ1n) is 19.6. The van der Waals surface area contributed by atoms with Gasteiger partial charge in [-0.1, -0.05) is 81.8 Å². The summed E-state index contributed by atoms with van der Waals surface area (Å²) in [5, 5.41) is 26.4. The highest BCUT2D eigenvalue weighted by atomic mass is 32.2. The monoisotopic (exact) mass is 971 g/mol. The van der Waals surface area contributed by atoms with Crippen LogP contribution in [0.3, 0.4) is 0 Å². The molecule has 7 unspecified atom stereocenters. The van der Waals surface area contributed by atoms with Crippen molar-refractivity contribution in [2.45, 2.75) is 96.4 Å². The van der Waals surface area contributed by atoms with E-state index in [1.54, 1.807) is 6.08 Å². The van der Waals surface area contributed by atoms with E-state index in [1.165, 1.54) is 33.1 Å². The van der Waals surface area contributed by atoms with Crippen LogP contribution in [-0.4, -0.2) is 123 Å². The molecule has 1 saturated heterocycles. The molecule has 2 aromatic heterocycles. The SMILES string of the molecule is CCCCC/C=C/C/C=C/C=C/CC(=O)SCCNC(=O)CCNC(=O)C(O)C(C)(C)COP(=O)(O)OP(=O)(O)OCC1OC(n2cnc3c(N)ncnc32)C(O)C1OP(=O)(O)O. The van der Waals surface area contributed by atoms with E-state index in [4.69, 9.17) is 19.5 Å². The Morgan fingerprint density at radius 1 is 1.00 bits per heavy atom. The Morgan fingerprint density at radius 3 is 2.43 bits per heavy atom. The molecule has 63 heavy (non-hydrogen) atoms. The predicted molar refractivity (Wildman–Crippen MR) is 228 cm³/mol. The number of unbranched alkanes of at least 4 members (excludes halogenated alkanes) is 3. The molecule has 0 bridgehead atoms. The molecule has 2 aromatic rings. The number of anilines is 1. The number of phosphoric ester groups is 3. The number of nitrogens with one attached hydrogen (secondary N) is 2. The van der Waals surface area contributed by atoms with Gasteiger partial charge in [-0.3, -0.25) is 32.5 Å². The average molecular weight is 972 g/mol. The molecule has 0 saturated carbocycles. The van der Waals surface area contributed by atoms with E-state index in [0.717, 1.165) is 41.8 Å². The Bertz CT molecular complexity index is 2070. The van der Waals surface area contributed by atoms with Crippen LogP contribution in [0.5, 0.6) is 0 Å². The van der Waals surface area contributed by atoms with Crippen molar-refractivity contribution in [1.82, 2.24) is 30.2 Å². The Balaban J connectivity index is 1.38. The Kier molecular flexibility index (Phi) is 21.9. The number of imidazole rings is 1. The molecule has 7 atom stereocenters. The van der Waals surface area contributed by atoms with Gasteiger partial charge in [0, 0.05) is 37.1 Å². The van der Waals surface area contributed by atoms with Gasteiger partial charge in [-0.2, -0.15) is 4.31 Å². The third kappa shape index (κ3) is 19.0. The number of carbonyl (C=O) groups excluding carboxylic acids is 3. The maximum Gasteiger partial charge on any atom is 0.481 e. The fraction of sp³-hybridized carbons (Fsp3) is 0.600. The van der Waals surface area contributed by atoms with Gasteiger partial charge in [0.2, 0.25) is 11.8 Å². The fourth-order valence-corrected chi connectivity index (χ4v) is 9.03. The summed E-state index contributed by atoms with van der Waals surface area (Å²) in [5.74, 6) is -1.13. The van der Waals surface area contributed by atoms with Gasteiger partial charge < -0.3 is 50.9 Å². The minimum absolute atomic E-state index is 0.0298. The Morgan fingerprint density at radius 2 is 1.71 bits per heavy atom. The zero-order chi connectivity index (χ0) is 46.8. The highest BCUT2D eigenvalue weighted by Crippen LogP contribution is 2.61. The number of aliphatic hydroxyl groups excluding tert-OH is 2. The summed E-state index contributed by atoms with van der Waals surface area (Å²) in [4.78, 5) is 88.0. The molecule has 3 rings (SSSR count). The van der Waals surface area contributed by atoms with Crippen LogP contribution in [0.15, 0.2) is 49.1 Å². The van der Waals surface area contributed by atoms with Crippen LogP contribution < -0.4 is 16.4 Å². The summed E-state index contributed by atoms with van der Waals surface area (Å²) in [6.07, 6.45) is 10.5. The highest BCUT2D eigenvalue weighted by Gasteiger charge is 2.50. The molecule has 3 heterocycles. The van der Waals surface area contributed by atoms with Gasteiger partial charge in [0.05, 0.1) is 19.5 Å². The van der Waals surface area contributed by atoms with Gasteiger partial charge in [-0.25, -0.2) is 28.6 Å². The smallest absolute Gasteiger partial charge is 0.386 e. The number of ether oxygens (including phenoxy) is 1. The number of amides is 2. The quantitative estimate of drug-likeness (QED) is 0.0256. The molecule has 1 fully saturated rings. The number of carbonyl (C=O) groups is 3. The molecule has 24 nitrogen and oxygen atoms in total. The Labute approximate surface area is 367 Å². The maximum absolute atomic E-state index is 12.7. The third-order valence-corrected chi connectivity index (χ3v) is 12.8. The first-order chi connectivity index (χ1) is 29.6. The van der Waals surface area contributed by atoms with Crippen LogP contribution in [-0.2, 0) is 50.7 Å². The summed E-state index contributed by atoms with van der Waals surface area (Å²) in [5.41, 5.74) is 4.26. The van der Waals surface area contributed by atoms with Crippen LogP contribution in [0.4, 0.5) is 5.82 Å². The second kappa shape index (κ2) is 25.5. The molecule has 0 spiro atoms. The van der Waals surface area contributed by atoms with Crippen LogP contribution in [0.25, 0.3) is 11.2 Å². The molecule has 2 amide bonds. The summed E-state index contributed by atoms with van der Waals surface area (Å²) >= 11 is 1.06. The van der Waals surface area contributed by atoms with Crippen molar-refractivity contribution >= 4 is 69.1 Å². The second-order valence-corrected chi connectivity index (χ2v) is 19.9. The molecule has 28 heteroatoms. The van der Waals surface area contributed by atoms with Crippen molar-refractivity contribution in [2.24, 2.45) is 5.41 Å². The summed E-state index contributed by atoms with van der Waals surface area (Å²) < 4.78 is 62.3. The maximum atomic E-state index is 12.7. The first-order valence-corrected chi connectivity index (χ1v) is 25.1. The number of nitrogens with zero attached hydrogens (tertiary/aromatic N) is 4. The topological polar surface area (TPSA) is 364 Å². The molecule has 1 aliphatic rings. The number of fused-ring (bicyclic) bond motifs is 1. The van der Waals surface area contributed by atoms with E-state index in [0.29, 0.717) is 5.75 Å². The van der Waals surface area contributed by atoms with E-state index in [2.05, 4.69) is 53.5 Å². The molecule has 0 radical (unpaired) electrons. The lowest BCUT2D eigenvalue weighted by molar-refractivity contribution is -0.137. The van der Waals surface area contributed by atoms with Crippen LogP contribution >= 0.6 is 35.2 Å². The van der Waals surface area contributed by atoms with Gasteiger partial charge in [0.1, 0.15) is 36.3 Å². The van der Waals surface area contributed by atoms with Gasteiger partial charge in [-0.15, -0.1) is 0 Å². The largest absolute Gasteiger partial charge is 0.481 e. The van der Waals surface area contributed by atoms with Crippen molar-refractivity contribution in [3.8, 4) is 0 Å². The molecule has 0 aliphatic carbocycles. The highest BCUT2D eigenvalue weighted by molar-refractivity contribution is 8.13. The summed E-state index contributed by atoms with van der Waals surface area (Å²) in [7, 11) is -16.4. The number of aromatic nitrogens is 4. The molecular weight excluding hydrogens is 915 g/mol. The zero-order valence-corrected chi connectivity index (χ0v) is 38.3. The fourth-order valence-electron chi connectivity index (χ4n) is 5.56. The lowest BCUT2D eigenvalue weighted by Crippen LogP contribution is -2.46. The van der Waals surface area contributed by atoms with Crippen molar-refractivity contribution < 1.29 is 80.5 Å². The lowest BCUT2D eigenvalue weighted by atomic mass is 9.87. The summed E-state index contributed by atoms with van der Waals surface area (Å²) in [6, 6.07) is 0. The average Bonchev–Trinajstić information content (AvgIpc) is 3.76. The number of aliphatic hydroxyl groups is 2. The van der Waals surface area contributed by atoms with Crippen LogP contribution in [0.2, 0.25) is 0 Å². The van der Waals surface area contributed by atoms with Crippen molar-refractivity contribution in [2.75, 3.05) is 37.8 Å². The third-order valence-electron chi connectivity index (χ3n) is 8.85. The molecule has 10 N–H and O–H groups in total. The van der Waals surface area contributed by atoms with E-state index >= 15 is 0 Å². The van der Waals surface area contributed by atoms with E-state index < -0.39 is 84.6 Å². The molecule has 354 valence electrons. The van der Waals surface area contributed by atoms with Gasteiger partial charge in [0.15, 0.2) is 22.8 Å². The van der Waals surface area contributed by atoms with E-state index in [1.807, 2.05) is 18.2 Å². The summed E-state index contributed by atoms with van der Waals surface area (Å²) in [6.45, 7) is 2.65. The molecule has 1 aliphatic heterocycles. The van der Waals surface area contributed by atoms with Gasteiger partial charge in [0.25, 0.3) is 0 Å². The van der Waals surface area contributed by atoms with Crippen molar-refractivity contribution in [1.29, 1.82) is 0 Å². The molecule has 0 aromatic carbocycles. The van der Waals surface area contributed by atoms with Crippen LogP contribution in [0.1, 0.15) is 71.9 Å². The van der Waals surface area contributed by atoms with Crippen molar-refractivity contribution in [3.63, 3.8) is 0 Å². The second-order valence-electron chi connectivity index (χ2n) is 14.6. The number of phosphoric acid groups is 3. The predicted octanol–water partition coefficient (Wildman–Crippen LogP) is 2.69. The number of rotatable bonds is 28. The van der Waals surface area contributed by atoms with Gasteiger partial charge in [-0.05, 0) is 19.3 Å². The first kappa shape index (κ1) is 54.1. The minimum atomic E-state index is -5.58. The molecular formula is C35H56N7O17P3S. The Hall–Kier alpha value is -3.22. The number of nitrogen functional groups attached to an aromatic ring is 1. The van der Waals surface area contributed by atoms with E-state index in [-0.39, 0.29) is 48.0 Å². The zero-order valence-electron chi connectivity index (χ0n) is 34.8. The number of thioether (sulfide) groups is 1. The van der Waals surface area contributed by atoms with Crippen molar-refractivity contribution in [3.05, 3.63) is 49.1 Å². The normalized spacial score (nSPS) is 21.0. The van der Waals surface area contributed by atoms with E-state index in [9.17, 15) is 57.9 Å². The minimum Gasteiger partial charge on any atom is -0.386 e. The van der Waals surface area contributed by atoms with Gasteiger partial charge >= 0.3 is 23.5 Å². The number of hydrogen-bond acceptors (Lipinski definition) is 18. The lowest BCUT2D eigenvalue weighted by Gasteiger charge is -2.30.